The van der Waals surface area contributed by atoms with Crippen LogP contribution in [0.15, 0.2) is 59.8 Å². The molecule has 2 N–H and O–H groups in total. The number of hydrogen-bond acceptors (Lipinski definition) is 5. The molecular weight excluding hydrogens is 428 g/mol. The zero-order chi connectivity index (χ0) is 22.7. The summed E-state index contributed by atoms with van der Waals surface area (Å²) in [5.74, 6) is 0.483. The van der Waals surface area contributed by atoms with E-state index < -0.39 is 10.0 Å². The quantitative estimate of drug-likeness (QED) is 0.570. The number of carbonyl (C=O) groups is 1. The standard InChI is InChI=1S/C23H26N4O4S/c1-3-26-32(29,30)19-7-4-6-16(12-19)21-8-5-11-27(21)23(28)17-9-10-20(22(13-17)31-2)18-14-24-25-15-18/h4,6-7,9-10,12-15,21,26H,3,5,8,11H2,1-2H3,(H,24,25)/t21-/m1/s1. The van der Waals surface area contributed by atoms with Gasteiger partial charge in [0.25, 0.3) is 5.91 Å². The first-order valence-corrected chi connectivity index (χ1v) is 12.0. The van der Waals surface area contributed by atoms with E-state index in [2.05, 4.69) is 14.9 Å². The van der Waals surface area contributed by atoms with Crippen molar-refractivity contribution in [2.75, 3.05) is 20.2 Å². The third-order valence-corrected chi connectivity index (χ3v) is 7.20. The van der Waals surface area contributed by atoms with Crippen LogP contribution in [-0.2, 0) is 10.0 Å². The first kappa shape index (κ1) is 22.0. The number of aromatic nitrogens is 2. The number of nitrogens with one attached hydrogen (secondary N) is 2. The molecule has 1 amide bonds. The van der Waals surface area contributed by atoms with Crippen molar-refractivity contribution < 1.29 is 17.9 Å². The molecule has 1 aromatic heterocycles. The Balaban J connectivity index is 1.62. The molecule has 1 saturated heterocycles. The molecule has 9 heteroatoms. The van der Waals surface area contributed by atoms with Gasteiger partial charge in [0.2, 0.25) is 10.0 Å². The van der Waals surface area contributed by atoms with E-state index in [0.29, 0.717) is 24.4 Å². The summed E-state index contributed by atoms with van der Waals surface area (Å²) in [4.78, 5) is 15.4. The van der Waals surface area contributed by atoms with E-state index in [9.17, 15) is 13.2 Å². The summed E-state index contributed by atoms with van der Waals surface area (Å²) < 4.78 is 32.9. The maximum absolute atomic E-state index is 13.4. The van der Waals surface area contributed by atoms with Gasteiger partial charge in [0, 0.05) is 36.0 Å². The number of sulfonamides is 1. The Morgan fingerprint density at radius 3 is 2.84 bits per heavy atom. The lowest BCUT2D eigenvalue weighted by Gasteiger charge is -2.26. The van der Waals surface area contributed by atoms with E-state index in [1.165, 1.54) is 0 Å². The molecule has 1 aliphatic heterocycles. The number of ether oxygens (including phenoxy) is 1. The van der Waals surface area contributed by atoms with Gasteiger partial charge in [0.1, 0.15) is 5.75 Å². The van der Waals surface area contributed by atoms with Crippen LogP contribution in [0.2, 0.25) is 0 Å². The summed E-state index contributed by atoms with van der Waals surface area (Å²) in [5.41, 5.74) is 3.06. The number of amides is 1. The maximum atomic E-state index is 13.4. The Kier molecular flexibility index (Phi) is 6.29. The fourth-order valence-electron chi connectivity index (χ4n) is 4.15. The molecule has 3 aromatic rings. The predicted molar refractivity (Wildman–Crippen MR) is 121 cm³/mol. The molecule has 8 nitrogen and oxygen atoms in total. The van der Waals surface area contributed by atoms with Crippen LogP contribution in [0.25, 0.3) is 11.1 Å². The normalized spacial score (nSPS) is 16.3. The van der Waals surface area contributed by atoms with Crippen molar-refractivity contribution in [3.05, 3.63) is 66.0 Å². The van der Waals surface area contributed by atoms with Crippen molar-refractivity contribution in [1.82, 2.24) is 19.8 Å². The summed E-state index contributed by atoms with van der Waals surface area (Å²) in [6.07, 6.45) is 5.10. The minimum atomic E-state index is -3.57. The largest absolute Gasteiger partial charge is 0.496 e. The molecule has 0 radical (unpaired) electrons. The van der Waals surface area contributed by atoms with Crippen LogP contribution in [0.4, 0.5) is 0 Å². The van der Waals surface area contributed by atoms with Crippen molar-refractivity contribution in [2.45, 2.75) is 30.7 Å². The summed E-state index contributed by atoms with van der Waals surface area (Å²) in [5, 5.41) is 6.75. The second-order valence-corrected chi connectivity index (χ2v) is 9.40. The monoisotopic (exact) mass is 454 g/mol. The summed E-state index contributed by atoms with van der Waals surface area (Å²) in [6, 6.07) is 12.0. The van der Waals surface area contributed by atoms with Gasteiger partial charge in [0.15, 0.2) is 0 Å². The van der Waals surface area contributed by atoms with Gasteiger partial charge in [-0.1, -0.05) is 19.1 Å². The number of H-pyrrole nitrogens is 1. The molecule has 0 aliphatic carbocycles. The molecule has 2 heterocycles. The number of rotatable bonds is 7. The molecule has 0 bridgehead atoms. The van der Waals surface area contributed by atoms with Gasteiger partial charge in [-0.3, -0.25) is 9.89 Å². The molecule has 1 fully saturated rings. The lowest BCUT2D eigenvalue weighted by Crippen LogP contribution is -2.31. The lowest BCUT2D eigenvalue weighted by molar-refractivity contribution is 0.0735. The minimum absolute atomic E-state index is 0.107. The molecule has 1 aliphatic rings. The first-order valence-electron chi connectivity index (χ1n) is 10.5. The van der Waals surface area contributed by atoms with Gasteiger partial charge >= 0.3 is 0 Å². The van der Waals surface area contributed by atoms with Crippen molar-refractivity contribution in [2.24, 2.45) is 0 Å². The van der Waals surface area contributed by atoms with Gasteiger partial charge in [-0.2, -0.15) is 5.10 Å². The van der Waals surface area contributed by atoms with E-state index in [1.807, 2.05) is 17.0 Å². The second-order valence-electron chi connectivity index (χ2n) is 7.63. The molecule has 0 saturated carbocycles. The van der Waals surface area contributed by atoms with Gasteiger partial charge in [-0.05, 0) is 48.7 Å². The predicted octanol–water partition coefficient (Wildman–Crippen LogP) is 3.36. The Morgan fingerprint density at radius 2 is 2.12 bits per heavy atom. The van der Waals surface area contributed by atoms with Crippen LogP contribution in [0.5, 0.6) is 5.75 Å². The number of benzene rings is 2. The van der Waals surface area contributed by atoms with E-state index in [1.54, 1.807) is 56.8 Å². The Bertz CT molecular complexity index is 1210. The van der Waals surface area contributed by atoms with E-state index in [-0.39, 0.29) is 16.8 Å². The van der Waals surface area contributed by atoms with Crippen LogP contribution < -0.4 is 9.46 Å². The number of carbonyl (C=O) groups excluding carboxylic acids is 1. The van der Waals surface area contributed by atoms with Crippen molar-refractivity contribution in [3.63, 3.8) is 0 Å². The fraction of sp³-hybridized carbons (Fsp3) is 0.304. The average molecular weight is 455 g/mol. The zero-order valence-electron chi connectivity index (χ0n) is 18.0. The van der Waals surface area contributed by atoms with Crippen LogP contribution in [0.1, 0.15) is 41.7 Å². The molecule has 168 valence electrons. The fourth-order valence-corrected chi connectivity index (χ4v) is 5.24. The highest BCUT2D eigenvalue weighted by molar-refractivity contribution is 7.89. The van der Waals surface area contributed by atoms with Crippen LogP contribution in [-0.4, -0.2) is 49.6 Å². The van der Waals surface area contributed by atoms with Gasteiger partial charge in [-0.15, -0.1) is 0 Å². The first-order chi connectivity index (χ1) is 15.4. The highest BCUT2D eigenvalue weighted by Crippen LogP contribution is 2.36. The average Bonchev–Trinajstić information content (AvgIpc) is 3.50. The Labute approximate surface area is 187 Å². The van der Waals surface area contributed by atoms with Gasteiger partial charge in [0.05, 0.1) is 24.2 Å². The number of nitrogens with zero attached hydrogens (tertiary/aromatic N) is 2. The summed E-state index contributed by atoms with van der Waals surface area (Å²) >= 11 is 0. The number of likely N-dealkylation sites (tertiary alicyclic amines) is 1. The van der Waals surface area contributed by atoms with Crippen LogP contribution >= 0.6 is 0 Å². The topological polar surface area (TPSA) is 104 Å². The number of hydrogen-bond donors (Lipinski definition) is 2. The molecule has 0 spiro atoms. The van der Waals surface area contributed by atoms with Crippen molar-refractivity contribution >= 4 is 15.9 Å². The Morgan fingerprint density at radius 1 is 1.28 bits per heavy atom. The smallest absolute Gasteiger partial charge is 0.254 e. The highest BCUT2D eigenvalue weighted by Gasteiger charge is 2.31. The molecule has 0 unspecified atom stereocenters. The van der Waals surface area contributed by atoms with Crippen molar-refractivity contribution in [1.29, 1.82) is 0 Å². The van der Waals surface area contributed by atoms with Crippen LogP contribution in [0.3, 0.4) is 0 Å². The molecule has 4 rings (SSSR count). The van der Waals surface area contributed by atoms with Crippen LogP contribution in [0, 0.1) is 0 Å². The van der Waals surface area contributed by atoms with Crippen molar-refractivity contribution in [3.8, 4) is 16.9 Å². The van der Waals surface area contributed by atoms with Gasteiger partial charge < -0.3 is 9.64 Å². The van der Waals surface area contributed by atoms with E-state index >= 15 is 0 Å². The highest BCUT2D eigenvalue weighted by atomic mass is 32.2. The number of methoxy groups -OCH3 is 1. The molecule has 1 atom stereocenters. The Hall–Kier alpha value is -3.17. The summed E-state index contributed by atoms with van der Waals surface area (Å²) in [6.45, 7) is 2.67. The SMILES string of the molecule is CCNS(=O)(=O)c1cccc([C@H]2CCCN2C(=O)c2ccc(-c3cn[nH]c3)c(OC)c2)c1. The lowest BCUT2D eigenvalue weighted by atomic mass is 10.0. The summed E-state index contributed by atoms with van der Waals surface area (Å²) in [7, 11) is -1.99. The van der Waals surface area contributed by atoms with E-state index in [0.717, 1.165) is 29.5 Å². The third-order valence-electron chi connectivity index (χ3n) is 5.66. The minimum Gasteiger partial charge on any atom is -0.496 e. The molecular formula is C23H26N4O4S. The van der Waals surface area contributed by atoms with E-state index in [4.69, 9.17) is 4.74 Å². The number of aromatic amines is 1. The second kappa shape index (κ2) is 9.13. The zero-order valence-corrected chi connectivity index (χ0v) is 18.9. The third kappa shape index (κ3) is 4.26. The maximum Gasteiger partial charge on any atom is 0.254 e. The molecule has 2 aromatic carbocycles. The van der Waals surface area contributed by atoms with Gasteiger partial charge in [-0.25, -0.2) is 13.1 Å². The molecule has 32 heavy (non-hydrogen) atoms.